The van der Waals surface area contributed by atoms with Gasteiger partial charge in [0.25, 0.3) is 5.91 Å². The van der Waals surface area contributed by atoms with Gasteiger partial charge in [0.2, 0.25) is 5.91 Å². The van der Waals surface area contributed by atoms with E-state index in [4.69, 9.17) is 9.31 Å². The van der Waals surface area contributed by atoms with Crippen molar-refractivity contribution in [3.05, 3.63) is 59.7 Å². The maximum Gasteiger partial charge on any atom is 0.482 e. The molecule has 3 saturated carbocycles. The Balaban J connectivity index is 1.35. The third-order valence-corrected chi connectivity index (χ3v) is 8.94. The third kappa shape index (κ3) is 4.68. The van der Waals surface area contributed by atoms with Crippen molar-refractivity contribution in [2.45, 2.75) is 84.0 Å². The average Bonchev–Trinajstić information content (AvgIpc) is 3.21. The molecule has 3 aliphatic carbocycles. The number of aryl methyl sites for hydroxylation is 1. The summed E-state index contributed by atoms with van der Waals surface area (Å²) in [7, 11) is -0.582. The van der Waals surface area contributed by atoms with Crippen LogP contribution in [0.15, 0.2) is 42.9 Å². The molecule has 2 amide bonds. The Morgan fingerprint density at radius 2 is 2.00 bits per heavy atom. The summed E-state index contributed by atoms with van der Waals surface area (Å²) < 4.78 is 13.3. The first-order chi connectivity index (χ1) is 17.4. The van der Waals surface area contributed by atoms with Crippen LogP contribution in [0.3, 0.4) is 0 Å². The second-order valence-corrected chi connectivity index (χ2v) is 12.3. The highest BCUT2D eigenvalue weighted by atomic mass is 16.7. The van der Waals surface area contributed by atoms with E-state index in [-0.39, 0.29) is 28.7 Å². The van der Waals surface area contributed by atoms with Crippen LogP contribution in [0.5, 0.6) is 0 Å². The summed E-state index contributed by atoms with van der Waals surface area (Å²) in [5.41, 5.74) is 1.04. The van der Waals surface area contributed by atoms with E-state index in [2.05, 4.69) is 66.5 Å². The van der Waals surface area contributed by atoms with Gasteiger partial charge in [-0.2, -0.15) is 0 Å². The lowest BCUT2D eigenvalue weighted by molar-refractivity contribution is -0.199. The van der Waals surface area contributed by atoms with Crippen LogP contribution >= 0.6 is 0 Å². The van der Waals surface area contributed by atoms with E-state index in [1.54, 1.807) is 13.8 Å². The molecule has 0 spiro atoms. The fraction of sp³-hybridized carbons (Fsp3) is 0.571. The first kappa shape index (κ1) is 25.9. The van der Waals surface area contributed by atoms with Gasteiger partial charge in [-0.3, -0.25) is 14.6 Å². The highest BCUT2D eigenvalue weighted by Crippen LogP contribution is 2.65. The third-order valence-electron chi connectivity index (χ3n) is 8.94. The van der Waals surface area contributed by atoms with Crippen LogP contribution in [0.4, 0.5) is 0 Å². The van der Waals surface area contributed by atoms with Gasteiger partial charge in [-0.1, -0.05) is 43.7 Å². The molecule has 5 atom stereocenters. The maximum absolute atomic E-state index is 13.6. The lowest BCUT2D eigenvalue weighted by Gasteiger charge is -2.64. The number of nitrogens with one attached hydrogen (secondary N) is 2. The Labute approximate surface area is 219 Å². The Bertz CT molecular complexity index is 1190. The van der Waals surface area contributed by atoms with Crippen molar-refractivity contribution in [3.8, 4) is 0 Å². The van der Waals surface area contributed by atoms with Crippen LogP contribution < -0.4 is 10.6 Å². The second-order valence-electron chi connectivity index (χ2n) is 12.3. The summed E-state index contributed by atoms with van der Waals surface area (Å²) in [6, 6.07) is 8.24. The van der Waals surface area contributed by atoms with Crippen molar-refractivity contribution < 1.29 is 18.9 Å². The largest absolute Gasteiger partial charge is 0.482 e. The van der Waals surface area contributed by atoms with Crippen LogP contribution in [0.1, 0.15) is 69.1 Å². The molecule has 2 bridgehead atoms. The van der Waals surface area contributed by atoms with E-state index in [9.17, 15) is 9.59 Å². The molecule has 1 aromatic heterocycles. The molecule has 0 radical (unpaired) electrons. The summed E-state index contributed by atoms with van der Waals surface area (Å²) in [5, 5.41) is 5.95. The molecular weight excluding hydrogens is 467 g/mol. The molecule has 2 N–H and O–H groups in total. The van der Waals surface area contributed by atoms with Crippen LogP contribution in [0.25, 0.3) is 0 Å². The van der Waals surface area contributed by atoms with E-state index in [0.29, 0.717) is 18.3 Å². The van der Waals surface area contributed by atoms with E-state index in [1.165, 1.54) is 18.6 Å². The van der Waals surface area contributed by atoms with Gasteiger partial charge >= 0.3 is 7.12 Å². The second kappa shape index (κ2) is 9.20. The number of aromatic nitrogens is 2. The van der Waals surface area contributed by atoms with E-state index < -0.39 is 24.5 Å². The minimum absolute atomic E-state index is 0.00977. The molecule has 8 nitrogen and oxygen atoms in total. The quantitative estimate of drug-likeness (QED) is 0.562. The Kier molecular flexibility index (Phi) is 6.43. The lowest BCUT2D eigenvalue weighted by Crippen LogP contribution is -2.65. The number of nitrogens with zero attached hydrogens (tertiary/aromatic N) is 2. The molecule has 6 rings (SSSR count). The summed E-state index contributed by atoms with van der Waals surface area (Å²) >= 11 is 0. The van der Waals surface area contributed by atoms with E-state index >= 15 is 0 Å². The van der Waals surface area contributed by atoms with Crippen molar-refractivity contribution in [2.24, 2.45) is 17.3 Å². The van der Waals surface area contributed by atoms with E-state index in [0.717, 1.165) is 24.0 Å². The SMILES string of the molecule is Cc1cccc(C[C@H](NC(=O)C(C)(C)NC(=O)c2cnccn2)B2O[C@@H]3C[C@@H]4C[C@@H](C4(C)C)[C@]3(C)O2)c1. The molecule has 196 valence electrons. The van der Waals surface area contributed by atoms with Gasteiger partial charge in [-0.05, 0) is 69.8 Å². The fourth-order valence-corrected chi connectivity index (χ4v) is 6.55. The summed E-state index contributed by atoms with van der Waals surface area (Å²) in [6.07, 6.45) is 7.00. The number of rotatable bonds is 7. The zero-order valence-corrected chi connectivity index (χ0v) is 22.6. The van der Waals surface area contributed by atoms with Gasteiger partial charge in [0, 0.05) is 12.4 Å². The van der Waals surface area contributed by atoms with Gasteiger partial charge < -0.3 is 19.9 Å². The van der Waals surface area contributed by atoms with Gasteiger partial charge in [-0.15, -0.1) is 0 Å². The molecule has 37 heavy (non-hydrogen) atoms. The zero-order chi connectivity index (χ0) is 26.6. The van der Waals surface area contributed by atoms with Crippen molar-refractivity contribution in [3.63, 3.8) is 0 Å². The summed E-state index contributed by atoms with van der Waals surface area (Å²) in [5.74, 6) is -0.147. The summed E-state index contributed by atoms with van der Waals surface area (Å²) in [4.78, 5) is 34.2. The van der Waals surface area contributed by atoms with Crippen LogP contribution in [0.2, 0.25) is 0 Å². The molecule has 1 aliphatic heterocycles. The smallest absolute Gasteiger partial charge is 0.404 e. The standard InChI is InChI=1S/C28H37BN4O4/c1-17-8-7-9-18(12-17)13-23(29-36-22-15-19-14-21(26(19,2)3)28(22,6)37-29)32-25(35)27(4,5)33-24(34)20-16-30-10-11-31-20/h7-12,16,19,21-23H,13-15H2,1-6H3,(H,32,35)(H,33,34)/t19-,21-,22+,23-,28-/m0/s1. The summed E-state index contributed by atoms with van der Waals surface area (Å²) in [6.45, 7) is 12.2. The number of benzene rings is 1. The maximum atomic E-state index is 13.6. The number of amides is 2. The number of hydrogen-bond acceptors (Lipinski definition) is 6. The molecule has 1 saturated heterocycles. The van der Waals surface area contributed by atoms with Crippen molar-refractivity contribution in [2.75, 3.05) is 0 Å². The molecule has 1 aromatic carbocycles. The number of carbonyl (C=O) groups excluding carboxylic acids is 2. The minimum Gasteiger partial charge on any atom is -0.404 e. The zero-order valence-electron chi connectivity index (χ0n) is 22.6. The predicted octanol–water partition coefficient (Wildman–Crippen LogP) is 3.29. The number of hydrogen-bond donors (Lipinski definition) is 2. The van der Waals surface area contributed by atoms with Gasteiger partial charge in [-0.25, -0.2) is 4.98 Å². The highest BCUT2D eigenvalue weighted by Gasteiger charge is 2.68. The molecule has 2 aromatic rings. The molecule has 4 aliphatic rings. The first-order valence-electron chi connectivity index (χ1n) is 13.2. The Hall–Kier alpha value is -2.78. The average molecular weight is 504 g/mol. The number of carbonyl (C=O) groups is 2. The van der Waals surface area contributed by atoms with Crippen LogP contribution in [-0.2, 0) is 20.5 Å². The monoisotopic (exact) mass is 504 g/mol. The van der Waals surface area contributed by atoms with Crippen LogP contribution in [-0.4, -0.2) is 52.1 Å². The molecule has 0 unspecified atom stereocenters. The Morgan fingerprint density at radius 1 is 1.22 bits per heavy atom. The first-order valence-corrected chi connectivity index (χ1v) is 13.2. The molecule has 4 fully saturated rings. The molecular formula is C28H37BN4O4. The van der Waals surface area contributed by atoms with Crippen molar-refractivity contribution in [1.29, 1.82) is 0 Å². The minimum atomic E-state index is -1.20. The Morgan fingerprint density at radius 3 is 2.68 bits per heavy atom. The van der Waals surface area contributed by atoms with Crippen LogP contribution in [0, 0.1) is 24.2 Å². The fourth-order valence-electron chi connectivity index (χ4n) is 6.55. The van der Waals surface area contributed by atoms with Crippen molar-refractivity contribution >= 4 is 18.9 Å². The van der Waals surface area contributed by atoms with Gasteiger partial charge in [0.1, 0.15) is 11.2 Å². The molecule has 2 heterocycles. The lowest BCUT2D eigenvalue weighted by atomic mass is 9.43. The molecule has 9 heteroatoms. The van der Waals surface area contributed by atoms with Gasteiger partial charge in [0.15, 0.2) is 0 Å². The topological polar surface area (TPSA) is 102 Å². The highest BCUT2D eigenvalue weighted by molar-refractivity contribution is 6.48. The predicted molar refractivity (Wildman–Crippen MR) is 141 cm³/mol. The van der Waals surface area contributed by atoms with Gasteiger partial charge in [0.05, 0.1) is 23.8 Å². The van der Waals surface area contributed by atoms with E-state index in [1.807, 2.05) is 6.07 Å². The van der Waals surface area contributed by atoms with Crippen molar-refractivity contribution in [1.82, 2.24) is 20.6 Å². The normalized spacial score (nSPS) is 28.6.